The van der Waals surface area contributed by atoms with E-state index in [4.69, 9.17) is 21.4 Å². The van der Waals surface area contributed by atoms with Gasteiger partial charge in [-0.3, -0.25) is 9.78 Å². The van der Waals surface area contributed by atoms with Crippen molar-refractivity contribution in [3.8, 4) is 5.75 Å². The van der Waals surface area contributed by atoms with Gasteiger partial charge in [0.1, 0.15) is 24.4 Å². The van der Waals surface area contributed by atoms with Crippen LogP contribution in [0.3, 0.4) is 0 Å². The topological polar surface area (TPSA) is 102 Å². The lowest BCUT2D eigenvalue weighted by Crippen LogP contribution is -2.15. The lowest BCUT2D eigenvalue weighted by Gasteiger charge is -2.11. The molecule has 0 unspecified atom stereocenters. The Labute approximate surface area is 142 Å². The van der Waals surface area contributed by atoms with Crippen molar-refractivity contribution in [3.05, 3.63) is 42.1 Å². The first-order valence-corrected chi connectivity index (χ1v) is 7.52. The van der Waals surface area contributed by atoms with E-state index >= 15 is 0 Å². The van der Waals surface area contributed by atoms with Gasteiger partial charge < -0.3 is 19.7 Å². The Hall–Kier alpha value is -2.87. The zero-order chi connectivity index (χ0) is 16.9. The smallest absolute Gasteiger partial charge is 0.323 e. The quantitative estimate of drug-likeness (QED) is 0.498. The summed E-state index contributed by atoms with van der Waals surface area (Å²) in [4.78, 5) is 23.1. The van der Waals surface area contributed by atoms with Crippen molar-refractivity contribution in [1.82, 2.24) is 19.5 Å². The van der Waals surface area contributed by atoms with Crippen LogP contribution >= 0.6 is 11.6 Å². The van der Waals surface area contributed by atoms with Crippen LogP contribution in [0.2, 0.25) is 5.28 Å². The number of nitrogens with one attached hydrogen (secondary N) is 1. The fourth-order valence-electron chi connectivity index (χ4n) is 2.25. The van der Waals surface area contributed by atoms with Crippen LogP contribution in [0.25, 0.3) is 11.0 Å². The molecule has 8 nitrogen and oxygen atoms in total. The maximum Gasteiger partial charge on any atom is 0.323 e. The van der Waals surface area contributed by atoms with Crippen LogP contribution in [-0.4, -0.2) is 43.7 Å². The van der Waals surface area contributed by atoms with Gasteiger partial charge in [-0.05, 0) is 29.8 Å². The standard InChI is InChI=1S/C15H14ClN5O3/c16-15-19-11-3-7-21(9-12(22)23)13(11)14(20-15)18-6-8-24-10-1-4-17-5-2-10/h1-5,7H,6,8-9H2,(H,22,23)(H,18,19,20). The molecule has 0 saturated heterocycles. The van der Waals surface area contributed by atoms with Crippen molar-refractivity contribution >= 4 is 34.4 Å². The molecule has 9 heteroatoms. The molecule has 3 heterocycles. The number of aromatic nitrogens is 4. The van der Waals surface area contributed by atoms with Gasteiger partial charge in [0.05, 0.1) is 12.1 Å². The van der Waals surface area contributed by atoms with Gasteiger partial charge in [0, 0.05) is 18.6 Å². The Kier molecular flexibility index (Phi) is 4.76. The lowest BCUT2D eigenvalue weighted by atomic mass is 10.4. The predicted octanol–water partition coefficient (Wildman–Crippen LogP) is 2.06. The molecule has 0 spiro atoms. The number of aliphatic carboxylic acids is 1. The molecule has 0 radical (unpaired) electrons. The van der Waals surface area contributed by atoms with Gasteiger partial charge in [0.15, 0.2) is 5.82 Å². The normalized spacial score (nSPS) is 10.7. The lowest BCUT2D eigenvalue weighted by molar-refractivity contribution is -0.137. The zero-order valence-electron chi connectivity index (χ0n) is 12.5. The largest absolute Gasteiger partial charge is 0.492 e. The van der Waals surface area contributed by atoms with Crippen LogP contribution in [0.1, 0.15) is 0 Å². The number of anilines is 1. The summed E-state index contributed by atoms with van der Waals surface area (Å²) >= 11 is 5.92. The Bertz CT molecular complexity index is 853. The van der Waals surface area contributed by atoms with Crippen molar-refractivity contribution in [2.24, 2.45) is 0 Å². The number of hydrogen-bond donors (Lipinski definition) is 2. The first kappa shape index (κ1) is 16.0. The summed E-state index contributed by atoms with van der Waals surface area (Å²) in [6.45, 7) is 0.673. The molecule has 24 heavy (non-hydrogen) atoms. The van der Waals surface area contributed by atoms with Gasteiger partial charge in [-0.1, -0.05) is 0 Å². The van der Waals surface area contributed by atoms with E-state index in [-0.39, 0.29) is 11.8 Å². The number of fused-ring (bicyclic) bond motifs is 1. The molecule has 0 aliphatic rings. The summed E-state index contributed by atoms with van der Waals surface area (Å²) in [6.07, 6.45) is 4.94. The number of ether oxygens (including phenoxy) is 1. The van der Waals surface area contributed by atoms with E-state index in [0.29, 0.717) is 35.8 Å². The molecule has 2 N–H and O–H groups in total. The Morgan fingerprint density at radius 1 is 1.29 bits per heavy atom. The first-order valence-electron chi connectivity index (χ1n) is 7.14. The third-order valence-electron chi connectivity index (χ3n) is 3.20. The van der Waals surface area contributed by atoms with Gasteiger partial charge in [-0.15, -0.1) is 0 Å². The Morgan fingerprint density at radius 3 is 2.83 bits per heavy atom. The average Bonchev–Trinajstić information content (AvgIpc) is 2.94. The molecule has 3 aromatic heterocycles. The molecule has 0 aliphatic heterocycles. The Morgan fingerprint density at radius 2 is 2.08 bits per heavy atom. The molecule has 3 rings (SSSR count). The summed E-state index contributed by atoms with van der Waals surface area (Å²) in [6, 6.07) is 5.22. The summed E-state index contributed by atoms with van der Waals surface area (Å²) in [5, 5.41) is 12.2. The van der Waals surface area contributed by atoms with Gasteiger partial charge >= 0.3 is 5.97 Å². The molecule has 0 saturated carbocycles. The highest BCUT2D eigenvalue weighted by Gasteiger charge is 2.13. The Balaban J connectivity index is 1.73. The van der Waals surface area contributed by atoms with Gasteiger partial charge in [0.25, 0.3) is 0 Å². The molecule has 124 valence electrons. The van der Waals surface area contributed by atoms with E-state index in [2.05, 4.69) is 20.3 Å². The fraction of sp³-hybridized carbons (Fsp3) is 0.200. The van der Waals surface area contributed by atoms with Crippen molar-refractivity contribution in [3.63, 3.8) is 0 Å². The molecule has 0 aromatic carbocycles. The first-order chi connectivity index (χ1) is 11.6. The second-order valence-corrected chi connectivity index (χ2v) is 5.21. The minimum Gasteiger partial charge on any atom is -0.492 e. The van der Waals surface area contributed by atoms with Crippen LogP contribution in [0.4, 0.5) is 5.82 Å². The summed E-state index contributed by atoms with van der Waals surface area (Å²) in [5.74, 6) is 0.232. The monoisotopic (exact) mass is 347 g/mol. The van der Waals surface area contributed by atoms with Gasteiger partial charge in [0.2, 0.25) is 5.28 Å². The summed E-state index contributed by atoms with van der Waals surface area (Å²) in [5.41, 5.74) is 1.17. The van der Waals surface area contributed by atoms with E-state index in [9.17, 15) is 4.79 Å². The number of rotatable bonds is 7. The van der Waals surface area contributed by atoms with Crippen molar-refractivity contribution < 1.29 is 14.6 Å². The molecule has 0 bridgehead atoms. The molecule has 0 fully saturated rings. The number of nitrogens with zero attached hydrogens (tertiary/aromatic N) is 4. The van der Waals surface area contributed by atoms with E-state index in [1.165, 1.54) is 0 Å². The average molecular weight is 348 g/mol. The van der Waals surface area contributed by atoms with E-state index < -0.39 is 5.97 Å². The van der Waals surface area contributed by atoms with Gasteiger partial charge in [-0.2, -0.15) is 4.98 Å². The SMILES string of the molecule is O=C(O)Cn1ccc2nc(Cl)nc(NCCOc3ccncc3)c21. The summed E-state index contributed by atoms with van der Waals surface area (Å²) in [7, 11) is 0. The predicted molar refractivity (Wildman–Crippen MR) is 88.4 cm³/mol. The van der Waals surface area contributed by atoms with E-state index in [1.807, 2.05) is 0 Å². The number of halogens is 1. The van der Waals surface area contributed by atoms with E-state index in [0.717, 1.165) is 0 Å². The number of carbonyl (C=O) groups is 1. The molecule has 0 amide bonds. The molecular weight excluding hydrogens is 334 g/mol. The molecule has 3 aromatic rings. The highest BCUT2D eigenvalue weighted by Crippen LogP contribution is 2.23. The minimum absolute atomic E-state index is 0.0909. The number of pyridine rings is 1. The van der Waals surface area contributed by atoms with Gasteiger partial charge in [-0.25, -0.2) is 4.98 Å². The minimum atomic E-state index is -0.950. The van der Waals surface area contributed by atoms with Crippen molar-refractivity contribution in [1.29, 1.82) is 0 Å². The van der Waals surface area contributed by atoms with Crippen LogP contribution in [-0.2, 0) is 11.3 Å². The van der Waals surface area contributed by atoms with E-state index in [1.54, 1.807) is 41.4 Å². The maximum atomic E-state index is 11.0. The van der Waals surface area contributed by atoms with Crippen LogP contribution < -0.4 is 10.1 Å². The summed E-state index contributed by atoms with van der Waals surface area (Å²) < 4.78 is 7.12. The van der Waals surface area contributed by atoms with Crippen LogP contribution in [0.15, 0.2) is 36.8 Å². The zero-order valence-corrected chi connectivity index (χ0v) is 13.3. The van der Waals surface area contributed by atoms with Crippen LogP contribution in [0.5, 0.6) is 5.75 Å². The second-order valence-electron chi connectivity index (χ2n) is 4.87. The third-order valence-corrected chi connectivity index (χ3v) is 3.37. The highest BCUT2D eigenvalue weighted by atomic mass is 35.5. The third kappa shape index (κ3) is 3.72. The highest BCUT2D eigenvalue weighted by molar-refractivity contribution is 6.28. The number of carboxylic acid groups (broad SMARTS) is 1. The fourth-order valence-corrected chi connectivity index (χ4v) is 2.43. The number of carboxylic acids is 1. The maximum absolute atomic E-state index is 11.0. The molecular formula is C15H14ClN5O3. The number of hydrogen-bond acceptors (Lipinski definition) is 6. The molecule has 0 aliphatic carbocycles. The van der Waals surface area contributed by atoms with Crippen LogP contribution in [0, 0.1) is 0 Å². The van der Waals surface area contributed by atoms with Crippen molar-refractivity contribution in [2.45, 2.75) is 6.54 Å². The second kappa shape index (κ2) is 7.14. The molecule has 0 atom stereocenters. The van der Waals surface area contributed by atoms with Crippen molar-refractivity contribution in [2.75, 3.05) is 18.5 Å².